The van der Waals surface area contributed by atoms with Crippen molar-refractivity contribution in [3.8, 4) is 11.8 Å². The zero-order chi connectivity index (χ0) is 14.1. The molecule has 0 bridgehead atoms. The maximum Gasteiger partial charge on any atom is 0.0823 e. The van der Waals surface area contributed by atoms with Gasteiger partial charge in [0.2, 0.25) is 0 Å². The second-order valence-electron chi connectivity index (χ2n) is 5.05. The smallest absolute Gasteiger partial charge is 0.0823 e. The third kappa shape index (κ3) is 7.34. The molecular formula is C15H22O3S. The highest BCUT2D eigenvalue weighted by Crippen LogP contribution is 2.17. The normalized spacial score (nSPS) is 11.2. The van der Waals surface area contributed by atoms with Gasteiger partial charge < -0.3 is 14.6 Å². The van der Waals surface area contributed by atoms with E-state index in [-0.39, 0.29) is 12.2 Å². The Bertz CT molecular complexity index is 421. The molecule has 1 aromatic rings. The summed E-state index contributed by atoms with van der Waals surface area (Å²) < 4.78 is 11.2. The Labute approximate surface area is 119 Å². The Kier molecular flexibility index (Phi) is 7.11. The minimum Gasteiger partial charge on any atom is -0.395 e. The summed E-state index contributed by atoms with van der Waals surface area (Å²) >= 11 is 1.64. The Hall–Kier alpha value is -0.860. The van der Waals surface area contributed by atoms with E-state index in [9.17, 15) is 0 Å². The van der Waals surface area contributed by atoms with Gasteiger partial charge in [-0.05, 0) is 32.2 Å². The molecule has 0 aromatic carbocycles. The fraction of sp³-hybridized carbons (Fsp3) is 0.600. The van der Waals surface area contributed by atoms with Crippen LogP contribution in [0, 0.1) is 11.8 Å². The van der Waals surface area contributed by atoms with Gasteiger partial charge in [0.05, 0.1) is 32.0 Å². The van der Waals surface area contributed by atoms with Crippen LogP contribution in [0.2, 0.25) is 0 Å². The first-order valence-electron chi connectivity index (χ1n) is 6.41. The summed E-state index contributed by atoms with van der Waals surface area (Å²) in [5, 5.41) is 10.7. The minimum absolute atomic E-state index is 0.104. The molecule has 0 atom stereocenters. The highest BCUT2D eigenvalue weighted by Gasteiger charge is 2.09. The number of rotatable bonds is 6. The lowest BCUT2D eigenvalue weighted by Gasteiger charge is -2.19. The third-order valence-electron chi connectivity index (χ3n) is 2.20. The third-order valence-corrected chi connectivity index (χ3v) is 3.10. The maximum absolute atomic E-state index is 8.69. The number of hydrogen-bond acceptors (Lipinski definition) is 4. The van der Waals surface area contributed by atoms with Gasteiger partial charge in [-0.1, -0.05) is 11.8 Å². The average Bonchev–Trinajstić information content (AvgIpc) is 2.75. The minimum atomic E-state index is -0.118. The molecule has 0 unspecified atom stereocenters. The van der Waals surface area contributed by atoms with E-state index in [0.717, 1.165) is 10.4 Å². The Morgan fingerprint density at radius 3 is 2.79 bits per heavy atom. The van der Waals surface area contributed by atoms with E-state index < -0.39 is 0 Å². The van der Waals surface area contributed by atoms with Gasteiger partial charge >= 0.3 is 0 Å². The molecule has 1 aromatic heterocycles. The molecule has 0 fully saturated rings. The molecule has 1 N–H and O–H groups in total. The van der Waals surface area contributed by atoms with Gasteiger partial charge in [0, 0.05) is 16.9 Å². The maximum atomic E-state index is 8.69. The van der Waals surface area contributed by atoms with Crippen molar-refractivity contribution in [1.82, 2.24) is 0 Å². The van der Waals surface area contributed by atoms with Crippen LogP contribution < -0.4 is 0 Å². The highest BCUT2D eigenvalue weighted by atomic mass is 32.1. The van der Waals surface area contributed by atoms with Gasteiger partial charge in [-0.15, -0.1) is 11.3 Å². The molecule has 3 nitrogen and oxygen atoms in total. The van der Waals surface area contributed by atoms with Crippen LogP contribution in [0.25, 0.3) is 0 Å². The van der Waals surface area contributed by atoms with E-state index in [4.69, 9.17) is 14.6 Å². The Morgan fingerprint density at radius 1 is 1.32 bits per heavy atom. The van der Waals surface area contributed by atoms with Crippen molar-refractivity contribution in [2.75, 3.05) is 19.8 Å². The lowest BCUT2D eigenvalue weighted by atomic mass is 10.2. The fourth-order valence-electron chi connectivity index (χ4n) is 1.35. The van der Waals surface area contributed by atoms with Crippen LogP contribution >= 0.6 is 11.3 Å². The van der Waals surface area contributed by atoms with Crippen LogP contribution in [0.4, 0.5) is 0 Å². The second kappa shape index (κ2) is 8.34. The van der Waals surface area contributed by atoms with Crippen LogP contribution in [-0.4, -0.2) is 30.5 Å². The second-order valence-corrected chi connectivity index (χ2v) is 6.05. The van der Waals surface area contributed by atoms with E-state index in [1.165, 1.54) is 0 Å². The van der Waals surface area contributed by atoms with E-state index in [2.05, 4.69) is 11.8 Å². The molecule has 0 saturated carbocycles. The van der Waals surface area contributed by atoms with Gasteiger partial charge in [0.15, 0.2) is 0 Å². The van der Waals surface area contributed by atoms with Gasteiger partial charge in [-0.25, -0.2) is 0 Å². The van der Waals surface area contributed by atoms with Gasteiger partial charge in [-0.3, -0.25) is 0 Å². The standard InChI is InChI=1S/C15H22O3S/c1-15(2,3)18-10-9-17-12-14-13(7-11-19-14)6-4-5-8-16/h7,11,16H,5,8-10,12H2,1-3H3. The summed E-state index contributed by atoms with van der Waals surface area (Å²) in [4.78, 5) is 1.13. The zero-order valence-corrected chi connectivity index (χ0v) is 12.7. The topological polar surface area (TPSA) is 38.7 Å². The lowest BCUT2D eigenvalue weighted by molar-refractivity contribution is -0.0374. The number of aliphatic hydroxyl groups excluding tert-OH is 1. The van der Waals surface area contributed by atoms with E-state index in [0.29, 0.717) is 26.2 Å². The predicted octanol–water partition coefficient (Wildman–Crippen LogP) is 2.81. The van der Waals surface area contributed by atoms with Crippen molar-refractivity contribution in [1.29, 1.82) is 0 Å². The molecule has 1 heterocycles. The van der Waals surface area contributed by atoms with E-state index in [1.54, 1.807) is 11.3 Å². The zero-order valence-electron chi connectivity index (χ0n) is 11.9. The molecule has 1 rings (SSSR count). The van der Waals surface area contributed by atoms with Crippen molar-refractivity contribution in [2.45, 2.75) is 39.4 Å². The summed E-state index contributed by atoms with van der Waals surface area (Å²) in [5.41, 5.74) is 0.878. The summed E-state index contributed by atoms with van der Waals surface area (Å²) in [7, 11) is 0. The molecule has 0 saturated heterocycles. The molecule has 19 heavy (non-hydrogen) atoms. The number of ether oxygens (including phenoxy) is 2. The quantitative estimate of drug-likeness (QED) is 0.644. The average molecular weight is 282 g/mol. The van der Waals surface area contributed by atoms with Crippen molar-refractivity contribution in [3.63, 3.8) is 0 Å². The predicted molar refractivity (Wildman–Crippen MR) is 78.3 cm³/mol. The first-order chi connectivity index (χ1) is 9.03. The van der Waals surface area contributed by atoms with Crippen LogP contribution in [0.3, 0.4) is 0 Å². The van der Waals surface area contributed by atoms with Gasteiger partial charge in [-0.2, -0.15) is 0 Å². The summed E-state index contributed by atoms with van der Waals surface area (Å²) in [6.07, 6.45) is 0.509. The van der Waals surface area contributed by atoms with Crippen LogP contribution in [0.5, 0.6) is 0 Å². The molecule has 0 spiro atoms. The highest BCUT2D eigenvalue weighted by molar-refractivity contribution is 7.10. The van der Waals surface area contributed by atoms with Gasteiger partial charge in [0.1, 0.15) is 0 Å². The molecule has 106 valence electrons. The number of thiophene rings is 1. The summed E-state index contributed by atoms with van der Waals surface area (Å²) in [6, 6.07) is 1.99. The molecule has 4 heteroatoms. The lowest BCUT2D eigenvalue weighted by Crippen LogP contribution is -2.21. The van der Waals surface area contributed by atoms with Gasteiger partial charge in [0.25, 0.3) is 0 Å². The van der Waals surface area contributed by atoms with Crippen molar-refractivity contribution in [2.24, 2.45) is 0 Å². The van der Waals surface area contributed by atoms with Crippen LogP contribution in [0.15, 0.2) is 11.4 Å². The fourth-order valence-corrected chi connectivity index (χ4v) is 2.11. The van der Waals surface area contributed by atoms with Crippen molar-refractivity contribution in [3.05, 3.63) is 21.9 Å². The SMILES string of the molecule is CC(C)(C)OCCOCc1sccc1C#CCCO. The first-order valence-corrected chi connectivity index (χ1v) is 7.28. The molecule has 0 amide bonds. The summed E-state index contributed by atoms with van der Waals surface area (Å²) in [6.45, 7) is 7.93. The molecule has 0 aliphatic rings. The monoisotopic (exact) mass is 282 g/mol. The largest absolute Gasteiger partial charge is 0.395 e. The Balaban J connectivity index is 2.30. The summed E-state index contributed by atoms with van der Waals surface area (Å²) in [5.74, 6) is 5.97. The van der Waals surface area contributed by atoms with Crippen LogP contribution in [0.1, 0.15) is 37.6 Å². The van der Waals surface area contributed by atoms with E-state index >= 15 is 0 Å². The number of aliphatic hydroxyl groups is 1. The molecular weight excluding hydrogens is 260 g/mol. The van der Waals surface area contributed by atoms with Crippen molar-refractivity contribution >= 4 is 11.3 Å². The molecule has 0 aliphatic heterocycles. The number of hydrogen-bond donors (Lipinski definition) is 1. The van der Waals surface area contributed by atoms with Crippen molar-refractivity contribution < 1.29 is 14.6 Å². The molecule has 0 radical (unpaired) electrons. The van der Waals surface area contributed by atoms with Crippen LogP contribution in [-0.2, 0) is 16.1 Å². The first kappa shape index (κ1) is 16.2. The van der Waals surface area contributed by atoms with E-state index in [1.807, 2.05) is 32.2 Å². The Morgan fingerprint density at radius 2 is 2.11 bits per heavy atom. The molecule has 0 aliphatic carbocycles.